The molecule has 14 heavy (non-hydrogen) atoms. The van der Waals surface area contributed by atoms with E-state index in [9.17, 15) is 9.90 Å². The molecule has 3 atom stereocenters. The van der Waals surface area contributed by atoms with Crippen molar-refractivity contribution in [1.29, 1.82) is 0 Å². The first-order valence-corrected chi connectivity index (χ1v) is 5.17. The zero-order chi connectivity index (χ0) is 10.7. The maximum Gasteiger partial charge on any atom is 0.238 e. The lowest BCUT2D eigenvalue weighted by atomic mass is 10.2. The van der Waals surface area contributed by atoms with E-state index in [0.717, 1.165) is 19.3 Å². The van der Waals surface area contributed by atoms with Crippen molar-refractivity contribution in [1.82, 2.24) is 10.2 Å². The van der Waals surface area contributed by atoms with Crippen LogP contribution < -0.4 is 5.32 Å². The summed E-state index contributed by atoms with van der Waals surface area (Å²) in [5.74, 6) is 0.0594. The van der Waals surface area contributed by atoms with Gasteiger partial charge in [0.05, 0.1) is 12.1 Å². The van der Waals surface area contributed by atoms with Crippen LogP contribution >= 0.6 is 0 Å². The number of aliphatic hydroxyl groups is 1. The van der Waals surface area contributed by atoms with Crippen molar-refractivity contribution >= 4 is 5.91 Å². The van der Waals surface area contributed by atoms with Crippen molar-refractivity contribution in [2.45, 2.75) is 44.4 Å². The smallest absolute Gasteiger partial charge is 0.238 e. The Balaban J connectivity index is 2.39. The minimum atomic E-state index is -0.285. The normalized spacial score (nSPS) is 28.9. The van der Waals surface area contributed by atoms with E-state index < -0.39 is 0 Å². The SMILES string of the molecule is CC(N[C@H]1CCC[C@@H]1O)C(=O)N(C)C. The van der Waals surface area contributed by atoms with Gasteiger partial charge in [0, 0.05) is 20.1 Å². The second-order valence-electron chi connectivity index (χ2n) is 4.23. The number of rotatable bonds is 3. The molecule has 0 radical (unpaired) electrons. The van der Waals surface area contributed by atoms with Crippen molar-refractivity contribution in [2.75, 3.05) is 14.1 Å². The topological polar surface area (TPSA) is 52.6 Å². The highest BCUT2D eigenvalue weighted by Crippen LogP contribution is 2.19. The van der Waals surface area contributed by atoms with Crippen LogP contribution in [0.15, 0.2) is 0 Å². The van der Waals surface area contributed by atoms with E-state index in [2.05, 4.69) is 5.32 Å². The summed E-state index contributed by atoms with van der Waals surface area (Å²) >= 11 is 0. The van der Waals surface area contributed by atoms with Crippen molar-refractivity contribution < 1.29 is 9.90 Å². The molecule has 4 heteroatoms. The molecular weight excluding hydrogens is 180 g/mol. The molecular formula is C10H20N2O2. The molecule has 4 nitrogen and oxygen atoms in total. The summed E-state index contributed by atoms with van der Waals surface area (Å²) in [5.41, 5.74) is 0. The van der Waals surface area contributed by atoms with Gasteiger partial charge < -0.3 is 15.3 Å². The summed E-state index contributed by atoms with van der Waals surface area (Å²) in [6, 6.07) is -0.114. The van der Waals surface area contributed by atoms with E-state index in [1.807, 2.05) is 6.92 Å². The minimum absolute atomic E-state index is 0.0594. The number of hydrogen-bond acceptors (Lipinski definition) is 3. The van der Waals surface area contributed by atoms with Crippen LogP contribution in [0.3, 0.4) is 0 Å². The number of nitrogens with one attached hydrogen (secondary N) is 1. The molecule has 1 fully saturated rings. The Hall–Kier alpha value is -0.610. The second-order valence-corrected chi connectivity index (χ2v) is 4.23. The Morgan fingerprint density at radius 1 is 1.50 bits per heavy atom. The average Bonchev–Trinajstić information content (AvgIpc) is 2.50. The van der Waals surface area contributed by atoms with Gasteiger partial charge in [0.25, 0.3) is 0 Å². The van der Waals surface area contributed by atoms with Gasteiger partial charge in [-0.2, -0.15) is 0 Å². The quantitative estimate of drug-likeness (QED) is 0.672. The van der Waals surface area contributed by atoms with Gasteiger partial charge in [0.15, 0.2) is 0 Å². The summed E-state index contributed by atoms with van der Waals surface area (Å²) in [5, 5.41) is 12.7. The Morgan fingerprint density at radius 2 is 2.14 bits per heavy atom. The standard InChI is InChI=1S/C10H20N2O2/c1-7(10(14)12(2)3)11-8-5-4-6-9(8)13/h7-9,11,13H,4-6H2,1-3H3/t7?,8-,9-/m0/s1. The molecule has 0 saturated heterocycles. The van der Waals surface area contributed by atoms with E-state index in [0.29, 0.717) is 0 Å². The van der Waals surface area contributed by atoms with Crippen molar-refractivity contribution in [3.05, 3.63) is 0 Å². The van der Waals surface area contributed by atoms with E-state index in [-0.39, 0.29) is 24.1 Å². The van der Waals surface area contributed by atoms with Crippen molar-refractivity contribution in [2.24, 2.45) is 0 Å². The van der Waals surface area contributed by atoms with Gasteiger partial charge in [0.1, 0.15) is 0 Å². The maximum absolute atomic E-state index is 11.5. The van der Waals surface area contributed by atoms with Gasteiger partial charge in [-0.1, -0.05) is 0 Å². The fraction of sp³-hybridized carbons (Fsp3) is 0.900. The predicted octanol–water partition coefficient (Wildman–Crippen LogP) is -0.0339. The highest BCUT2D eigenvalue weighted by atomic mass is 16.3. The number of aliphatic hydroxyl groups excluding tert-OH is 1. The zero-order valence-corrected chi connectivity index (χ0v) is 9.16. The molecule has 1 unspecified atom stereocenters. The summed E-state index contributed by atoms with van der Waals surface area (Å²) in [6.45, 7) is 1.84. The largest absolute Gasteiger partial charge is 0.392 e. The summed E-state index contributed by atoms with van der Waals surface area (Å²) in [4.78, 5) is 13.1. The molecule has 0 aromatic rings. The number of likely N-dealkylation sites (N-methyl/N-ethyl adjacent to an activating group) is 1. The second kappa shape index (κ2) is 4.75. The van der Waals surface area contributed by atoms with Crippen LogP contribution in [0.5, 0.6) is 0 Å². The Kier molecular flexibility index (Phi) is 3.89. The first kappa shape index (κ1) is 11.5. The summed E-state index contributed by atoms with van der Waals surface area (Å²) < 4.78 is 0. The zero-order valence-electron chi connectivity index (χ0n) is 9.16. The van der Waals surface area contributed by atoms with Crippen molar-refractivity contribution in [3.8, 4) is 0 Å². The molecule has 2 N–H and O–H groups in total. The highest BCUT2D eigenvalue weighted by molar-refractivity contribution is 5.80. The molecule has 0 aromatic carbocycles. The lowest BCUT2D eigenvalue weighted by Gasteiger charge is -2.23. The highest BCUT2D eigenvalue weighted by Gasteiger charge is 2.28. The van der Waals surface area contributed by atoms with Gasteiger partial charge in [-0.05, 0) is 26.2 Å². The summed E-state index contributed by atoms with van der Waals surface area (Å²) in [7, 11) is 3.48. The average molecular weight is 200 g/mol. The van der Waals surface area contributed by atoms with Crippen LogP contribution in [0.1, 0.15) is 26.2 Å². The third kappa shape index (κ3) is 2.69. The third-order valence-corrected chi connectivity index (χ3v) is 2.75. The van der Waals surface area contributed by atoms with Crippen molar-refractivity contribution in [3.63, 3.8) is 0 Å². The first-order chi connectivity index (χ1) is 6.52. The molecule has 0 bridgehead atoms. The third-order valence-electron chi connectivity index (χ3n) is 2.75. The van der Waals surface area contributed by atoms with E-state index in [4.69, 9.17) is 0 Å². The predicted molar refractivity (Wildman–Crippen MR) is 54.9 cm³/mol. The molecule has 1 amide bonds. The van der Waals surface area contributed by atoms with Crippen LogP contribution in [-0.2, 0) is 4.79 Å². The molecule has 0 aliphatic heterocycles. The Labute approximate surface area is 85.3 Å². The molecule has 1 aliphatic carbocycles. The first-order valence-electron chi connectivity index (χ1n) is 5.17. The molecule has 0 heterocycles. The van der Waals surface area contributed by atoms with Gasteiger partial charge in [-0.3, -0.25) is 4.79 Å². The number of amides is 1. The van der Waals surface area contributed by atoms with Gasteiger partial charge in [-0.15, -0.1) is 0 Å². The molecule has 82 valence electrons. The number of carbonyl (C=O) groups excluding carboxylic acids is 1. The fourth-order valence-electron chi connectivity index (χ4n) is 1.91. The number of hydrogen-bond donors (Lipinski definition) is 2. The van der Waals surface area contributed by atoms with Crippen LogP contribution in [-0.4, -0.2) is 48.2 Å². The van der Waals surface area contributed by atoms with Crippen LogP contribution in [0.4, 0.5) is 0 Å². The van der Waals surface area contributed by atoms with Crippen LogP contribution in [0, 0.1) is 0 Å². The van der Waals surface area contributed by atoms with Crippen LogP contribution in [0.25, 0.3) is 0 Å². The van der Waals surface area contributed by atoms with E-state index in [1.165, 1.54) is 0 Å². The maximum atomic E-state index is 11.5. The summed E-state index contributed by atoms with van der Waals surface area (Å²) in [6.07, 6.45) is 2.57. The molecule has 1 aliphatic rings. The Morgan fingerprint density at radius 3 is 2.57 bits per heavy atom. The Bertz CT molecular complexity index is 206. The lowest BCUT2D eigenvalue weighted by molar-refractivity contribution is -0.130. The lowest BCUT2D eigenvalue weighted by Crippen LogP contribution is -2.48. The number of nitrogens with zero attached hydrogens (tertiary/aromatic N) is 1. The molecule has 0 aromatic heterocycles. The number of carbonyl (C=O) groups is 1. The van der Waals surface area contributed by atoms with Crippen LogP contribution in [0.2, 0.25) is 0 Å². The molecule has 1 rings (SSSR count). The monoisotopic (exact) mass is 200 g/mol. The molecule has 1 saturated carbocycles. The molecule has 0 spiro atoms. The minimum Gasteiger partial charge on any atom is -0.392 e. The fourth-order valence-corrected chi connectivity index (χ4v) is 1.91. The van der Waals surface area contributed by atoms with Gasteiger partial charge in [-0.25, -0.2) is 0 Å². The van der Waals surface area contributed by atoms with Gasteiger partial charge in [0.2, 0.25) is 5.91 Å². The van der Waals surface area contributed by atoms with E-state index in [1.54, 1.807) is 19.0 Å². The van der Waals surface area contributed by atoms with Gasteiger partial charge >= 0.3 is 0 Å². The van der Waals surface area contributed by atoms with E-state index >= 15 is 0 Å².